The van der Waals surface area contributed by atoms with E-state index in [1.165, 1.54) is 0 Å². The van der Waals surface area contributed by atoms with E-state index in [-0.39, 0.29) is 5.75 Å². The van der Waals surface area contributed by atoms with Crippen LogP contribution in [0.5, 0.6) is 5.75 Å². The van der Waals surface area contributed by atoms with Crippen molar-refractivity contribution < 1.29 is 5.11 Å². The highest BCUT2D eigenvalue weighted by Gasteiger charge is 1.97. The second kappa shape index (κ2) is 2.27. The van der Waals surface area contributed by atoms with Crippen LogP contribution in [0.3, 0.4) is 0 Å². The molecular formula is C10H7O. The zero-order valence-corrected chi connectivity index (χ0v) is 5.95. The number of rotatable bonds is 0. The first-order valence-electron chi connectivity index (χ1n) is 3.52. The lowest BCUT2D eigenvalue weighted by atomic mass is 10.2. The average molecular weight is 143 g/mol. The molecule has 2 aliphatic carbocycles. The molecular weight excluding hydrogens is 136 g/mol. The van der Waals surface area contributed by atoms with E-state index in [0.717, 1.165) is 11.1 Å². The van der Waals surface area contributed by atoms with Crippen LogP contribution in [0.25, 0.3) is 11.1 Å². The normalized spacial score (nSPS) is 10.2. The van der Waals surface area contributed by atoms with Gasteiger partial charge in [-0.05, 0) is 23.3 Å². The molecule has 0 amide bonds. The summed E-state index contributed by atoms with van der Waals surface area (Å²) >= 11 is 0. The quantitative estimate of drug-likeness (QED) is 0.540. The van der Waals surface area contributed by atoms with Crippen LogP contribution in [0.1, 0.15) is 0 Å². The molecule has 53 valence electrons. The Morgan fingerprint density at radius 3 is 1.82 bits per heavy atom. The van der Waals surface area contributed by atoms with Gasteiger partial charge >= 0.3 is 0 Å². The van der Waals surface area contributed by atoms with Crippen molar-refractivity contribution in [3.8, 4) is 16.9 Å². The zero-order valence-electron chi connectivity index (χ0n) is 5.95. The molecule has 1 radical (unpaired) electrons. The molecule has 0 spiro atoms. The summed E-state index contributed by atoms with van der Waals surface area (Å²) in [5.74, 6) is 0.0567. The Morgan fingerprint density at radius 2 is 1.27 bits per heavy atom. The van der Waals surface area contributed by atoms with Gasteiger partial charge in [-0.3, -0.25) is 5.11 Å². The zero-order chi connectivity index (χ0) is 7.68. The molecule has 0 N–H and O–H groups in total. The largest absolute Gasteiger partial charge is 0.290 e. The molecule has 0 aromatic carbocycles. The molecule has 1 nitrogen and oxygen atoms in total. The second-order valence-electron chi connectivity index (χ2n) is 2.51. The lowest BCUT2D eigenvalue weighted by Crippen LogP contribution is -1.59. The minimum Gasteiger partial charge on any atom is -0.290 e. The predicted octanol–water partition coefficient (Wildman–Crippen LogP) is 2.94. The van der Waals surface area contributed by atoms with Gasteiger partial charge in [0.05, 0.1) is 0 Å². The lowest BCUT2D eigenvalue weighted by molar-refractivity contribution is 0.355. The summed E-state index contributed by atoms with van der Waals surface area (Å²) in [6.07, 6.45) is 0. The summed E-state index contributed by atoms with van der Waals surface area (Å²) in [5, 5.41) is 10.9. The lowest BCUT2D eigenvalue weighted by Gasteiger charge is -1.85. The minimum absolute atomic E-state index is 0.0567. The van der Waals surface area contributed by atoms with Crippen molar-refractivity contribution in [2.45, 2.75) is 0 Å². The number of hydrogen-bond acceptors (Lipinski definition) is 0. The summed E-state index contributed by atoms with van der Waals surface area (Å²) in [4.78, 5) is 0. The van der Waals surface area contributed by atoms with Gasteiger partial charge in [0.1, 0.15) is 0 Å². The van der Waals surface area contributed by atoms with Crippen molar-refractivity contribution in [1.29, 1.82) is 0 Å². The highest BCUT2D eigenvalue weighted by molar-refractivity contribution is 5.66. The maximum absolute atomic E-state index is 10.9. The fourth-order valence-corrected chi connectivity index (χ4v) is 1.15. The van der Waals surface area contributed by atoms with Gasteiger partial charge in [-0.15, -0.1) is 0 Å². The Bertz CT molecular complexity index is 310. The maximum atomic E-state index is 10.9. The fourth-order valence-electron chi connectivity index (χ4n) is 1.15. The second-order valence-corrected chi connectivity index (χ2v) is 2.51. The van der Waals surface area contributed by atoms with Gasteiger partial charge in [-0.25, -0.2) is 0 Å². The Kier molecular flexibility index (Phi) is 1.29. The first-order chi connectivity index (χ1) is 5.36. The molecule has 0 bridgehead atoms. The molecule has 11 heavy (non-hydrogen) atoms. The molecule has 2 aliphatic rings. The summed E-state index contributed by atoms with van der Waals surface area (Å²) in [7, 11) is 0. The van der Waals surface area contributed by atoms with E-state index in [4.69, 9.17) is 0 Å². The van der Waals surface area contributed by atoms with Crippen molar-refractivity contribution in [3.05, 3.63) is 42.5 Å². The molecule has 0 saturated heterocycles. The van der Waals surface area contributed by atoms with Gasteiger partial charge in [0.2, 0.25) is 0 Å². The topological polar surface area (TPSA) is 19.9 Å². The van der Waals surface area contributed by atoms with Gasteiger partial charge in [-0.2, -0.15) is 0 Å². The van der Waals surface area contributed by atoms with E-state index in [2.05, 4.69) is 0 Å². The van der Waals surface area contributed by atoms with Crippen molar-refractivity contribution in [3.63, 3.8) is 0 Å². The monoisotopic (exact) mass is 143 g/mol. The van der Waals surface area contributed by atoms with Crippen LogP contribution >= 0.6 is 0 Å². The van der Waals surface area contributed by atoms with Gasteiger partial charge in [0.25, 0.3) is 0 Å². The van der Waals surface area contributed by atoms with Crippen LogP contribution in [0.4, 0.5) is 0 Å². The molecule has 0 heterocycles. The third-order valence-electron chi connectivity index (χ3n) is 1.74. The third kappa shape index (κ3) is 1.05. The molecule has 0 fully saturated rings. The van der Waals surface area contributed by atoms with Crippen molar-refractivity contribution >= 4 is 0 Å². The highest BCUT2D eigenvalue weighted by atomic mass is 16.3. The van der Waals surface area contributed by atoms with Crippen LogP contribution in [0.2, 0.25) is 0 Å². The average Bonchev–Trinajstić information content (AvgIpc) is 2.38. The smallest absolute Gasteiger partial charge is 0.178 e. The Balaban J connectivity index is 2.71. The molecule has 0 unspecified atom stereocenters. The Labute approximate surface area is 65.3 Å². The van der Waals surface area contributed by atoms with E-state index < -0.39 is 0 Å². The van der Waals surface area contributed by atoms with Gasteiger partial charge in [0, 0.05) is 0 Å². The minimum atomic E-state index is 0.0567. The van der Waals surface area contributed by atoms with Crippen molar-refractivity contribution in [2.75, 3.05) is 0 Å². The Morgan fingerprint density at radius 1 is 0.727 bits per heavy atom. The summed E-state index contributed by atoms with van der Waals surface area (Å²) in [5.41, 5.74) is 2.24. The van der Waals surface area contributed by atoms with E-state index in [9.17, 15) is 5.11 Å². The number of fused-ring (bicyclic) bond motifs is 1. The van der Waals surface area contributed by atoms with Crippen molar-refractivity contribution in [2.24, 2.45) is 0 Å². The number of hydrogen-bond donors (Lipinski definition) is 0. The predicted molar refractivity (Wildman–Crippen MR) is 43.2 cm³/mol. The third-order valence-corrected chi connectivity index (χ3v) is 1.74. The molecule has 1 heteroatoms. The van der Waals surface area contributed by atoms with Gasteiger partial charge in [-0.1, -0.05) is 30.3 Å². The van der Waals surface area contributed by atoms with Gasteiger partial charge < -0.3 is 0 Å². The van der Waals surface area contributed by atoms with Crippen LogP contribution in [0.15, 0.2) is 42.5 Å². The first-order valence-corrected chi connectivity index (χ1v) is 3.52. The summed E-state index contributed by atoms with van der Waals surface area (Å²) < 4.78 is 0. The fraction of sp³-hybridized carbons (Fsp3) is 0. The molecule has 0 atom stereocenters. The van der Waals surface area contributed by atoms with Crippen molar-refractivity contribution in [1.82, 2.24) is 0 Å². The summed E-state index contributed by atoms with van der Waals surface area (Å²) in [6.45, 7) is 0. The Hall–Kier alpha value is -1.50. The summed E-state index contributed by atoms with van der Waals surface area (Å²) in [6, 6.07) is 12.8. The standard InChI is InChI=1S/C10H7O/c11-10-6-4-8-2-1-3-9(8)5-7-10/h1-7H. The molecule has 0 saturated carbocycles. The maximum Gasteiger partial charge on any atom is 0.178 e. The van der Waals surface area contributed by atoms with Crippen LogP contribution in [-0.2, 0) is 5.11 Å². The molecule has 0 aromatic heterocycles. The van der Waals surface area contributed by atoms with Crippen LogP contribution < -0.4 is 0 Å². The van der Waals surface area contributed by atoms with E-state index >= 15 is 0 Å². The molecule has 2 rings (SSSR count). The SMILES string of the molecule is [O]c1ccc2cccc-2cc1. The molecule has 0 aliphatic heterocycles. The van der Waals surface area contributed by atoms with Gasteiger partial charge in [0.15, 0.2) is 5.75 Å². The highest BCUT2D eigenvalue weighted by Crippen LogP contribution is 2.23. The first kappa shape index (κ1) is 6.23. The van der Waals surface area contributed by atoms with E-state index in [1.807, 2.05) is 30.3 Å². The van der Waals surface area contributed by atoms with E-state index in [0.29, 0.717) is 0 Å². The van der Waals surface area contributed by atoms with Crippen LogP contribution in [0, 0.1) is 0 Å². The molecule has 0 aromatic rings. The van der Waals surface area contributed by atoms with E-state index in [1.54, 1.807) is 12.1 Å². The van der Waals surface area contributed by atoms with Crippen LogP contribution in [-0.4, -0.2) is 0 Å².